The lowest BCUT2D eigenvalue weighted by Gasteiger charge is -2.41. The van der Waals surface area contributed by atoms with Crippen LogP contribution in [0.2, 0.25) is 0 Å². The highest BCUT2D eigenvalue weighted by Crippen LogP contribution is 2.33. The molecule has 1 saturated heterocycles. The molecule has 1 spiro atoms. The molecule has 6 heteroatoms. The number of nitrogens with one attached hydrogen (secondary N) is 1. The number of methoxy groups -OCH3 is 1. The Morgan fingerprint density at radius 3 is 2.59 bits per heavy atom. The van der Waals surface area contributed by atoms with E-state index in [1.165, 1.54) is 0 Å². The number of carbonyl (C=O) groups is 2. The van der Waals surface area contributed by atoms with E-state index in [-0.39, 0.29) is 11.8 Å². The Balaban J connectivity index is 1.41. The molecule has 152 valence electrons. The average Bonchev–Trinajstić information content (AvgIpc) is 2.86. The highest BCUT2D eigenvalue weighted by atomic mass is 16.5. The molecule has 0 saturated carbocycles. The standard InChI is InChI=1S/C23H26N2O4/c1-16-3-8-20-19(13-16)22(27)24-15-23(29-20)9-11-25(12-10-23)21(26)14-17-4-6-18(28-2)7-5-17/h3-8,13H,9-12,14-15H2,1-2H3,(H,24,27). The van der Waals surface area contributed by atoms with E-state index in [1.807, 2.05) is 54.3 Å². The molecule has 29 heavy (non-hydrogen) atoms. The van der Waals surface area contributed by atoms with Crippen LogP contribution in [-0.2, 0) is 11.2 Å². The fraction of sp³-hybridized carbons (Fsp3) is 0.391. The minimum Gasteiger partial charge on any atom is -0.497 e. The Bertz CT molecular complexity index is 915. The van der Waals surface area contributed by atoms with Crippen molar-refractivity contribution < 1.29 is 19.1 Å². The Hall–Kier alpha value is -3.02. The first kappa shape index (κ1) is 19.3. The van der Waals surface area contributed by atoms with Crippen molar-refractivity contribution in [2.75, 3.05) is 26.7 Å². The van der Waals surface area contributed by atoms with Crippen LogP contribution in [0.3, 0.4) is 0 Å². The van der Waals surface area contributed by atoms with E-state index in [9.17, 15) is 9.59 Å². The predicted molar refractivity (Wildman–Crippen MR) is 109 cm³/mol. The summed E-state index contributed by atoms with van der Waals surface area (Å²) in [4.78, 5) is 27.1. The van der Waals surface area contributed by atoms with Gasteiger partial charge in [-0.2, -0.15) is 0 Å². The van der Waals surface area contributed by atoms with Gasteiger partial charge in [-0.25, -0.2) is 0 Å². The number of benzene rings is 2. The van der Waals surface area contributed by atoms with Crippen molar-refractivity contribution in [2.45, 2.75) is 31.8 Å². The fourth-order valence-corrected chi connectivity index (χ4v) is 3.99. The molecule has 2 aromatic rings. The number of likely N-dealkylation sites (tertiary alicyclic amines) is 1. The second kappa shape index (κ2) is 7.78. The molecule has 0 bridgehead atoms. The van der Waals surface area contributed by atoms with Gasteiger partial charge >= 0.3 is 0 Å². The molecule has 2 aliphatic heterocycles. The Morgan fingerprint density at radius 1 is 1.17 bits per heavy atom. The van der Waals surface area contributed by atoms with Gasteiger partial charge in [0.2, 0.25) is 5.91 Å². The summed E-state index contributed by atoms with van der Waals surface area (Å²) in [5.41, 5.74) is 2.11. The van der Waals surface area contributed by atoms with Crippen molar-refractivity contribution in [3.05, 3.63) is 59.2 Å². The summed E-state index contributed by atoms with van der Waals surface area (Å²) in [5, 5.41) is 3.00. The molecular formula is C23H26N2O4. The number of ether oxygens (including phenoxy) is 2. The number of nitrogens with zero attached hydrogens (tertiary/aromatic N) is 1. The van der Waals surface area contributed by atoms with Crippen LogP contribution >= 0.6 is 0 Å². The molecule has 1 fully saturated rings. The average molecular weight is 394 g/mol. The highest BCUT2D eigenvalue weighted by Gasteiger charge is 2.40. The predicted octanol–water partition coefficient (Wildman–Crippen LogP) is 2.73. The Kier molecular flexibility index (Phi) is 5.18. The molecule has 0 unspecified atom stereocenters. The van der Waals surface area contributed by atoms with Crippen LogP contribution in [0.25, 0.3) is 0 Å². The maximum atomic E-state index is 12.7. The molecule has 1 N–H and O–H groups in total. The van der Waals surface area contributed by atoms with E-state index in [2.05, 4.69) is 5.32 Å². The van der Waals surface area contributed by atoms with Crippen molar-refractivity contribution >= 4 is 11.8 Å². The van der Waals surface area contributed by atoms with E-state index < -0.39 is 5.60 Å². The van der Waals surface area contributed by atoms with Crippen LogP contribution in [0, 0.1) is 6.92 Å². The summed E-state index contributed by atoms with van der Waals surface area (Å²) >= 11 is 0. The van der Waals surface area contributed by atoms with Gasteiger partial charge in [-0.05, 0) is 36.8 Å². The highest BCUT2D eigenvalue weighted by molar-refractivity contribution is 5.97. The molecule has 2 aromatic carbocycles. The SMILES string of the molecule is COc1ccc(CC(=O)N2CCC3(CC2)CNC(=O)c2cc(C)ccc2O3)cc1. The summed E-state index contributed by atoms with van der Waals surface area (Å²) in [6.07, 6.45) is 1.75. The molecule has 2 aliphatic rings. The smallest absolute Gasteiger partial charge is 0.255 e. The zero-order valence-corrected chi connectivity index (χ0v) is 16.9. The van der Waals surface area contributed by atoms with Crippen LogP contribution in [0.1, 0.15) is 34.3 Å². The van der Waals surface area contributed by atoms with Gasteiger partial charge in [0.05, 0.1) is 25.6 Å². The van der Waals surface area contributed by atoms with Crippen LogP contribution in [0.4, 0.5) is 0 Å². The molecule has 4 rings (SSSR count). The fourth-order valence-electron chi connectivity index (χ4n) is 3.99. The Labute approximate surface area is 170 Å². The molecule has 0 radical (unpaired) electrons. The van der Waals surface area contributed by atoms with E-state index in [0.29, 0.717) is 50.2 Å². The van der Waals surface area contributed by atoms with Crippen molar-refractivity contribution in [3.63, 3.8) is 0 Å². The number of fused-ring (bicyclic) bond motifs is 1. The van der Waals surface area contributed by atoms with E-state index in [4.69, 9.17) is 9.47 Å². The van der Waals surface area contributed by atoms with Gasteiger partial charge in [-0.3, -0.25) is 9.59 Å². The number of hydrogen-bond acceptors (Lipinski definition) is 4. The number of piperidine rings is 1. The number of hydrogen-bond donors (Lipinski definition) is 1. The second-order valence-electron chi connectivity index (χ2n) is 7.87. The summed E-state index contributed by atoms with van der Waals surface area (Å²) in [5.74, 6) is 1.42. The molecule has 2 heterocycles. The minimum absolute atomic E-state index is 0.0985. The molecule has 0 aliphatic carbocycles. The summed E-state index contributed by atoms with van der Waals surface area (Å²) in [6.45, 7) is 3.65. The van der Waals surface area contributed by atoms with E-state index >= 15 is 0 Å². The van der Waals surface area contributed by atoms with Gasteiger partial charge in [0.25, 0.3) is 5.91 Å². The lowest BCUT2D eigenvalue weighted by molar-refractivity contribution is -0.133. The first-order valence-electron chi connectivity index (χ1n) is 9.97. The third-order valence-corrected chi connectivity index (χ3v) is 5.82. The van der Waals surface area contributed by atoms with Gasteiger partial charge in [-0.1, -0.05) is 23.8 Å². The minimum atomic E-state index is -0.465. The van der Waals surface area contributed by atoms with Crippen molar-refractivity contribution in [1.82, 2.24) is 10.2 Å². The summed E-state index contributed by atoms with van der Waals surface area (Å²) < 4.78 is 11.5. The number of amides is 2. The quantitative estimate of drug-likeness (QED) is 0.869. The largest absolute Gasteiger partial charge is 0.497 e. The first-order chi connectivity index (χ1) is 14.0. The number of aryl methyl sites for hydroxylation is 1. The molecule has 0 aromatic heterocycles. The van der Waals surface area contributed by atoms with Gasteiger partial charge < -0.3 is 19.7 Å². The summed E-state index contributed by atoms with van der Waals surface area (Å²) in [7, 11) is 1.63. The molecular weight excluding hydrogens is 368 g/mol. The Morgan fingerprint density at radius 2 is 1.90 bits per heavy atom. The maximum absolute atomic E-state index is 12.7. The zero-order valence-electron chi connectivity index (χ0n) is 16.9. The normalized spacial score (nSPS) is 17.7. The van der Waals surface area contributed by atoms with Crippen molar-refractivity contribution in [3.8, 4) is 11.5 Å². The van der Waals surface area contributed by atoms with Gasteiger partial charge in [0.15, 0.2) is 0 Å². The van der Waals surface area contributed by atoms with Crippen LogP contribution in [0.15, 0.2) is 42.5 Å². The van der Waals surface area contributed by atoms with Crippen LogP contribution < -0.4 is 14.8 Å². The zero-order chi connectivity index (χ0) is 20.4. The lowest BCUT2D eigenvalue weighted by Crippen LogP contribution is -2.54. The van der Waals surface area contributed by atoms with E-state index in [1.54, 1.807) is 7.11 Å². The van der Waals surface area contributed by atoms with Crippen LogP contribution in [0.5, 0.6) is 11.5 Å². The van der Waals surface area contributed by atoms with Crippen molar-refractivity contribution in [2.24, 2.45) is 0 Å². The van der Waals surface area contributed by atoms with Gasteiger partial charge in [-0.15, -0.1) is 0 Å². The number of rotatable bonds is 3. The van der Waals surface area contributed by atoms with Gasteiger partial charge in [0.1, 0.15) is 17.1 Å². The topological polar surface area (TPSA) is 67.9 Å². The summed E-state index contributed by atoms with van der Waals surface area (Å²) in [6, 6.07) is 13.3. The van der Waals surface area contributed by atoms with E-state index in [0.717, 1.165) is 16.9 Å². The molecule has 0 atom stereocenters. The first-order valence-corrected chi connectivity index (χ1v) is 9.97. The number of carbonyl (C=O) groups excluding carboxylic acids is 2. The molecule has 6 nitrogen and oxygen atoms in total. The third kappa shape index (κ3) is 4.06. The second-order valence-corrected chi connectivity index (χ2v) is 7.87. The maximum Gasteiger partial charge on any atom is 0.255 e. The molecule has 2 amide bonds. The van der Waals surface area contributed by atoms with Crippen LogP contribution in [-0.4, -0.2) is 49.1 Å². The van der Waals surface area contributed by atoms with Crippen molar-refractivity contribution in [1.29, 1.82) is 0 Å². The monoisotopic (exact) mass is 394 g/mol. The third-order valence-electron chi connectivity index (χ3n) is 5.82. The lowest BCUT2D eigenvalue weighted by atomic mass is 9.90. The van der Waals surface area contributed by atoms with Gasteiger partial charge in [0, 0.05) is 25.9 Å².